The van der Waals surface area contributed by atoms with E-state index in [-0.39, 0.29) is 18.1 Å². The molecule has 1 amide bonds. The number of aromatic nitrogens is 2. The van der Waals surface area contributed by atoms with Gasteiger partial charge in [-0.25, -0.2) is 9.37 Å². The summed E-state index contributed by atoms with van der Waals surface area (Å²) < 4.78 is 16.6. The first-order valence-electron chi connectivity index (χ1n) is 10.1. The maximum absolute atomic E-state index is 14.7. The normalized spacial score (nSPS) is 12.1. The van der Waals surface area contributed by atoms with Gasteiger partial charge in [-0.15, -0.1) is 0 Å². The summed E-state index contributed by atoms with van der Waals surface area (Å²) in [5, 5.41) is 2.98. The Balaban J connectivity index is 1.57. The van der Waals surface area contributed by atoms with E-state index < -0.39 is 5.92 Å². The number of imidazole rings is 1. The molecule has 0 fully saturated rings. The van der Waals surface area contributed by atoms with Gasteiger partial charge in [0.25, 0.3) is 0 Å². The van der Waals surface area contributed by atoms with Gasteiger partial charge in [-0.2, -0.15) is 0 Å². The highest BCUT2D eigenvalue weighted by molar-refractivity contribution is 5.77. The molecule has 4 aromatic rings. The Kier molecular flexibility index (Phi) is 5.89. The zero-order chi connectivity index (χ0) is 20.9. The van der Waals surface area contributed by atoms with Crippen molar-refractivity contribution in [2.24, 2.45) is 0 Å². The molecular formula is C25H24FN3O. The lowest BCUT2D eigenvalue weighted by molar-refractivity contribution is -0.121. The third-order valence-electron chi connectivity index (χ3n) is 5.37. The fraction of sp³-hybridized carbons (Fsp3) is 0.200. The van der Waals surface area contributed by atoms with Crippen LogP contribution < -0.4 is 5.32 Å². The van der Waals surface area contributed by atoms with Crippen LogP contribution in [0.3, 0.4) is 0 Å². The fourth-order valence-corrected chi connectivity index (χ4v) is 3.81. The number of hydrogen-bond donors (Lipinski definition) is 1. The number of aryl methyl sites for hydroxylation is 1. The van der Waals surface area contributed by atoms with E-state index in [9.17, 15) is 9.18 Å². The summed E-state index contributed by atoms with van der Waals surface area (Å²) in [6.07, 6.45) is 4.56. The highest BCUT2D eigenvalue weighted by Gasteiger charge is 2.24. The van der Waals surface area contributed by atoms with Crippen molar-refractivity contribution >= 4 is 11.6 Å². The molecule has 2 heterocycles. The number of amides is 1. The Morgan fingerprint density at radius 2 is 1.83 bits per heavy atom. The standard InChI is InChI=1S/C25H24FN3O/c1-18-8-7-15-29-23(17-28-25(18)29)21(20-11-5-6-12-22(20)26)16-24(30)27-14-13-19-9-3-2-4-10-19/h2-12,15,17,21H,13-14,16H2,1H3,(H,27,30). The lowest BCUT2D eigenvalue weighted by Crippen LogP contribution is -2.28. The summed E-state index contributed by atoms with van der Waals surface area (Å²) in [5.74, 6) is -0.858. The zero-order valence-electron chi connectivity index (χ0n) is 16.9. The van der Waals surface area contributed by atoms with Crippen LogP contribution in [0.25, 0.3) is 5.65 Å². The van der Waals surface area contributed by atoms with Gasteiger partial charge in [0, 0.05) is 31.3 Å². The first-order chi connectivity index (χ1) is 14.6. The minimum atomic E-state index is -0.431. The molecule has 4 rings (SSSR count). The highest BCUT2D eigenvalue weighted by atomic mass is 19.1. The zero-order valence-corrected chi connectivity index (χ0v) is 16.9. The number of carbonyl (C=O) groups is 1. The number of carbonyl (C=O) groups excluding carboxylic acids is 1. The molecule has 2 aromatic carbocycles. The summed E-state index contributed by atoms with van der Waals surface area (Å²) in [7, 11) is 0. The second kappa shape index (κ2) is 8.91. The van der Waals surface area contributed by atoms with Crippen molar-refractivity contribution in [3.8, 4) is 0 Å². The molecule has 0 aliphatic rings. The van der Waals surface area contributed by atoms with Gasteiger partial charge in [0.1, 0.15) is 11.5 Å². The topological polar surface area (TPSA) is 46.4 Å². The maximum Gasteiger partial charge on any atom is 0.221 e. The molecule has 5 heteroatoms. The third kappa shape index (κ3) is 4.25. The van der Waals surface area contributed by atoms with E-state index in [0.717, 1.165) is 23.3 Å². The Morgan fingerprint density at radius 3 is 2.63 bits per heavy atom. The average Bonchev–Trinajstić information content (AvgIpc) is 3.19. The van der Waals surface area contributed by atoms with Gasteiger partial charge < -0.3 is 9.72 Å². The van der Waals surface area contributed by atoms with Crippen molar-refractivity contribution in [3.63, 3.8) is 0 Å². The summed E-state index contributed by atoms with van der Waals surface area (Å²) >= 11 is 0. The van der Waals surface area contributed by atoms with Crippen molar-refractivity contribution in [2.45, 2.75) is 25.7 Å². The molecule has 1 atom stereocenters. The van der Waals surface area contributed by atoms with Gasteiger partial charge in [0.2, 0.25) is 5.91 Å². The van der Waals surface area contributed by atoms with Crippen molar-refractivity contribution in [3.05, 3.63) is 107 Å². The summed E-state index contributed by atoms with van der Waals surface area (Å²) in [6, 6.07) is 20.6. The van der Waals surface area contributed by atoms with Crippen LogP contribution in [0.4, 0.5) is 4.39 Å². The molecule has 2 aromatic heterocycles. The largest absolute Gasteiger partial charge is 0.356 e. The highest BCUT2D eigenvalue weighted by Crippen LogP contribution is 2.31. The van der Waals surface area contributed by atoms with Crippen molar-refractivity contribution in [2.75, 3.05) is 6.54 Å². The van der Waals surface area contributed by atoms with Crippen LogP contribution in [0.5, 0.6) is 0 Å². The first-order valence-corrected chi connectivity index (χ1v) is 10.1. The molecule has 0 radical (unpaired) electrons. The third-order valence-corrected chi connectivity index (χ3v) is 5.37. The van der Waals surface area contributed by atoms with Gasteiger partial charge in [0.05, 0.1) is 5.69 Å². The monoisotopic (exact) mass is 401 g/mol. The molecule has 1 N–H and O–H groups in total. The smallest absolute Gasteiger partial charge is 0.221 e. The van der Waals surface area contributed by atoms with E-state index in [0.29, 0.717) is 12.1 Å². The summed E-state index contributed by atoms with van der Waals surface area (Å²) in [4.78, 5) is 17.3. The average molecular weight is 401 g/mol. The van der Waals surface area contributed by atoms with Crippen LogP contribution in [0.1, 0.15) is 34.7 Å². The van der Waals surface area contributed by atoms with Crippen LogP contribution >= 0.6 is 0 Å². The first kappa shape index (κ1) is 19.8. The Morgan fingerprint density at radius 1 is 1.07 bits per heavy atom. The number of pyridine rings is 1. The predicted molar refractivity (Wildman–Crippen MR) is 116 cm³/mol. The van der Waals surface area contributed by atoms with Crippen LogP contribution in [-0.4, -0.2) is 21.8 Å². The number of rotatable bonds is 7. The van der Waals surface area contributed by atoms with Crippen molar-refractivity contribution < 1.29 is 9.18 Å². The Labute approximate surface area is 175 Å². The minimum Gasteiger partial charge on any atom is -0.356 e. The lowest BCUT2D eigenvalue weighted by atomic mass is 9.91. The summed E-state index contributed by atoms with van der Waals surface area (Å²) in [6.45, 7) is 2.53. The number of halogens is 1. The molecule has 0 saturated heterocycles. The predicted octanol–water partition coefficient (Wildman–Crippen LogP) is 4.66. The van der Waals surface area contributed by atoms with Gasteiger partial charge in [0.15, 0.2) is 0 Å². The number of benzene rings is 2. The van der Waals surface area contributed by atoms with E-state index >= 15 is 0 Å². The maximum atomic E-state index is 14.7. The van der Waals surface area contributed by atoms with E-state index in [2.05, 4.69) is 10.3 Å². The number of fused-ring (bicyclic) bond motifs is 1. The second-order valence-electron chi connectivity index (χ2n) is 7.43. The van der Waals surface area contributed by atoms with Crippen molar-refractivity contribution in [1.82, 2.24) is 14.7 Å². The molecule has 0 bridgehead atoms. The van der Waals surface area contributed by atoms with E-state index in [1.54, 1.807) is 24.4 Å². The molecule has 4 nitrogen and oxygen atoms in total. The van der Waals surface area contributed by atoms with E-state index in [1.807, 2.05) is 60.0 Å². The van der Waals surface area contributed by atoms with Gasteiger partial charge in [-0.05, 0) is 42.2 Å². The number of nitrogens with zero attached hydrogens (tertiary/aromatic N) is 2. The van der Waals surface area contributed by atoms with E-state index in [1.165, 1.54) is 11.6 Å². The van der Waals surface area contributed by atoms with Gasteiger partial charge in [-0.1, -0.05) is 54.6 Å². The van der Waals surface area contributed by atoms with Crippen LogP contribution in [0, 0.1) is 12.7 Å². The molecule has 1 unspecified atom stereocenters. The molecule has 0 aliphatic heterocycles. The fourth-order valence-electron chi connectivity index (χ4n) is 3.81. The molecule has 152 valence electrons. The minimum absolute atomic E-state index is 0.109. The SMILES string of the molecule is Cc1cccn2c(C(CC(=O)NCCc3ccccc3)c3ccccc3F)cnc12. The van der Waals surface area contributed by atoms with Crippen LogP contribution in [-0.2, 0) is 11.2 Å². The summed E-state index contributed by atoms with van der Waals surface area (Å²) in [5.41, 5.74) is 4.32. The molecule has 30 heavy (non-hydrogen) atoms. The lowest BCUT2D eigenvalue weighted by Gasteiger charge is -2.18. The van der Waals surface area contributed by atoms with Crippen LogP contribution in [0.2, 0.25) is 0 Å². The second-order valence-corrected chi connectivity index (χ2v) is 7.43. The Hall–Kier alpha value is -3.47. The van der Waals surface area contributed by atoms with E-state index in [4.69, 9.17) is 0 Å². The van der Waals surface area contributed by atoms with Crippen LogP contribution in [0.15, 0.2) is 79.1 Å². The number of nitrogens with one attached hydrogen (secondary N) is 1. The van der Waals surface area contributed by atoms with Crippen molar-refractivity contribution in [1.29, 1.82) is 0 Å². The molecule has 0 aliphatic carbocycles. The Bertz CT molecular complexity index is 1150. The van der Waals surface area contributed by atoms with Gasteiger partial charge >= 0.3 is 0 Å². The number of hydrogen-bond acceptors (Lipinski definition) is 2. The quantitative estimate of drug-likeness (QED) is 0.489. The van der Waals surface area contributed by atoms with Gasteiger partial charge in [-0.3, -0.25) is 4.79 Å². The molecule has 0 spiro atoms. The molecule has 0 saturated carbocycles. The molecular weight excluding hydrogens is 377 g/mol.